The molecule has 3 nitrogen and oxygen atoms in total. The van der Waals surface area contributed by atoms with Gasteiger partial charge in [0.2, 0.25) is 0 Å². The molecule has 0 radical (unpaired) electrons. The van der Waals surface area contributed by atoms with E-state index in [9.17, 15) is 0 Å². The van der Waals surface area contributed by atoms with E-state index in [4.69, 9.17) is 67.5 Å². The Kier molecular flexibility index (Phi) is 7.66. The number of benzene rings is 3. The van der Waals surface area contributed by atoms with Gasteiger partial charge in [0, 0.05) is 38.3 Å². The fourth-order valence-electron chi connectivity index (χ4n) is 2.60. The second-order valence-electron chi connectivity index (χ2n) is 6.10. The maximum Gasteiger partial charge on any atom is 0.163 e. The Labute approximate surface area is 194 Å². The zero-order chi connectivity index (χ0) is 21.0. The van der Waals surface area contributed by atoms with Gasteiger partial charge < -0.3 is 14.8 Å². The van der Waals surface area contributed by atoms with Gasteiger partial charge in [-0.15, -0.1) is 0 Å². The molecule has 0 heterocycles. The van der Waals surface area contributed by atoms with Crippen molar-refractivity contribution in [2.24, 2.45) is 0 Å². The maximum atomic E-state index is 6.45. The smallest absolute Gasteiger partial charge is 0.163 e. The van der Waals surface area contributed by atoms with E-state index in [2.05, 4.69) is 5.32 Å². The molecular weight excluding hydrogens is 476 g/mol. The SMILES string of the molecule is COc1cc(CNc2ccc(Cl)cc2Cl)c(Cl)cc1OCc1ccc(Cl)cc1Cl. The fourth-order valence-corrected chi connectivity index (χ4v) is 3.76. The van der Waals surface area contributed by atoms with Gasteiger partial charge in [-0.05, 0) is 42.0 Å². The number of ether oxygens (including phenoxy) is 2. The molecule has 0 aliphatic rings. The molecule has 0 amide bonds. The summed E-state index contributed by atoms with van der Waals surface area (Å²) in [4.78, 5) is 0. The molecule has 3 aromatic carbocycles. The lowest BCUT2D eigenvalue weighted by molar-refractivity contribution is 0.284. The van der Waals surface area contributed by atoms with Gasteiger partial charge in [-0.25, -0.2) is 0 Å². The zero-order valence-electron chi connectivity index (χ0n) is 15.2. The summed E-state index contributed by atoms with van der Waals surface area (Å²) in [6.45, 7) is 0.695. The third-order valence-corrected chi connectivity index (χ3v) is 5.62. The van der Waals surface area contributed by atoms with Crippen LogP contribution in [0.5, 0.6) is 11.5 Å². The highest BCUT2D eigenvalue weighted by molar-refractivity contribution is 6.36. The van der Waals surface area contributed by atoms with E-state index < -0.39 is 0 Å². The first-order valence-corrected chi connectivity index (χ1v) is 10.4. The van der Waals surface area contributed by atoms with Gasteiger partial charge in [0.05, 0.1) is 17.8 Å². The van der Waals surface area contributed by atoms with Crippen molar-refractivity contribution in [1.29, 1.82) is 0 Å². The van der Waals surface area contributed by atoms with E-state index in [0.29, 0.717) is 43.2 Å². The standard InChI is InChI=1S/C21H16Cl5NO2/c1-28-20-6-13(10-27-19-5-4-15(23)8-18(19)26)17(25)9-21(20)29-11-12-2-3-14(22)7-16(12)24/h2-9,27H,10-11H2,1H3. The summed E-state index contributed by atoms with van der Waals surface area (Å²) >= 11 is 30.7. The Morgan fingerprint density at radius 1 is 0.724 bits per heavy atom. The van der Waals surface area contributed by atoms with Gasteiger partial charge in [-0.1, -0.05) is 64.1 Å². The lowest BCUT2D eigenvalue weighted by Gasteiger charge is -2.15. The zero-order valence-corrected chi connectivity index (χ0v) is 19.0. The van der Waals surface area contributed by atoms with Crippen LogP contribution >= 0.6 is 58.0 Å². The monoisotopic (exact) mass is 489 g/mol. The maximum absolute atomic E-state index is 6.45. The molecule has 29 heavy (non-hydrogen) atoms. The molecule has 0 unspecified atom stereocenters. The van der Waals surface area contributed by atoms with Gasteiger partial charge >= 0.3 is 0 Å². The van der Waals surface area contributed by atoms with Crippen molar-refractivity contribution in [3.05, 3.63) is 84.8 Å². The summed E-state index contributed by atoms with van der Waals surface area (Å²) < 4.78 is 11.3. The third-order valence-electron chi connectivity index (χ3n) is 4.13. The van der Waals surface area contributed by atoms with E-state index in [1.165, 1.54) is 0 Å². The van der Waals surface area contributed by atoms with Crippen molar-refractivity contribution >= 4 is 63.7 Å². The van der Waals surface area contributed by atoms with Crippen LogP contribution in [-0.4, -0.2) is 7.11 Å². The quantitative estimate of drug-likeness (QED) is 0.362. The lowest BCUT2D eigenvalue weighted by atomic mass is 10.2. The average Bonchev–Trinajstić information content (AvgIpc) is 2.67. The van der Waals surface area contributed by atoms with Crippen molar-refractivity contribution in [3.63, 3.8) is 0 Å². The van der Waals surface area contributed by atoms with E-state index in [-0.39, 0.29) is 6.61 Å². The summed E-state index contributed by atoms with van der Waals surface area (Å²) in [7, 11) is 1.57. The molecule has 0 fully saturated rings. The molecule has 152 valence electrons. The second-order valence-corrected chi connectivity index (χ2v) is 8.19. The second kappa shape index (κ2) is 10.0. The van der Waals surface area contributed by atoms with E-state index >= 15 is 0 Å². The number of rotatable bonds is 7. The van der Waals surface area contributed by atoms with Gasteiger partial charge in [-0.3, -0.25) is 0 Å². The van der Waals surface area contributed by atoms with Gasteiger partial charge in [0.25, 0.3) is 0 Å². The molecule has 1 N–H and O–H groups in total. The Morgan fingerprint density at radius 2 is 1.38 bits per heavy atom. The van der Waals surface area contributed by atoms with Crippen molar-refractivity contribution in [2.75, 3.05) is 12.4 Å². The lowest BCUT2D eigenvalue weighted by Crippen LogP contribution is -2.03. The fraction of sp³-hybridized carbons (Fsp3) is 0.143. The van der Waals surface area contributed by atoms with Crippen LogP contribution in [0.4, 0.5) is 5.69 Å². The van der Waals surface area contributed by atoms with Gasteiger partial charge in [-0.2, -0.15) is 0 Å². The van der Waals surface area contributed by atoms with E-state index in [1.807, 2.05) is 18.2 Å². The van der Waals surface area contributed by atoms with Crippen LogP contribution in [-0.2, 0) is 13.2 Å². The van der Waals surface area contributed by atoms with Gasteiger partial charge in [0.15, 0.2) is 11.5 Å². The molecule has 3 rings (SSSR count). The van der Waals surface area contributed by atoms with Crippen molar-refractivity contribution in [1.82, 2.24) is 0 Å². The highest BCUT2D eigenvalue weighted by Gasteiger charge is 2.12. The minimum atomic E-state index is 0.251. The molecule has 0 aromatic heterocycles. The van der Waals surface area contributed by atoms with Crippen LogP contribution in [0.2, 0.25) is 25.1 Å². The predicted molar refractivity (Wildman–Crippen MR) is 123 cm³/mol. The van der Waals surface area contributed by atoms with Crippen LogP contribution < -0.4 is 14.8 Å². The molecular formula is C21H16Cl5NO2. The molecule has 0 spiro atoms. The first kappa shape index (κ1) is 22.2. The Bertz CT molecular complexity index is 1030. The topological polar surface area (TPSA) is 30.5 Å². The molecule has 0 aliphatic carbocycles. The van der Waals surface area contributed by atoms with Crippen molar-refractivity contribution < 1.29 is 9.47 Å². The Hall–Kier alpha value is -1.49. The minimum absolute atomic E-state index is 0.251. The average molecular weight is 492 g/mol. The molecule has 0 atom stereocenters. The first-order valence-electron chi connectivity index (χ1n) is 8.49. The number of halogens is 5. The summed E-state index contributed by atoms with van der Waals surface area (Å²) in [6.07, 6.45) is 0. The largest absolute Gasteiger partial charge is 0.493 e. The molecule has 0 aliphatic heterocycles. The summed E-state index contributed by atoms with van der Waals surface area (Å²) in [5.41, 5.74) is 2.38. The van der Waals surface area contributed by atoms with Crippen LogP contribution in [0.3, 0.4) is 0 Å². The van der Waals surface area contributed by atoms with Crippen LogP contribution in [0.25, 0.3) is 0 Å². The van der Waals surface area contributed by atoms with Crippen LogP contribution in [0.15, 0.2) is 48.5 Å². The number of hydrogen-bond acceptors (Lipinski definition) is 3. The van der Waals surface area contributed by atoms with E-state index in [1.54, 1.807) is 37.4 Å². The number of anilines is 1. The third kappa shape index (κ3) is 5.78. The highest BCUT2D eigenvalue weighted by Crippen LogP contribution is 2.35. The molecule has 8 heteroatoms. The predicted octanol–water partition coefficient (Wildman–Crippen LogP) is 8.15. The molecule has 0 saturated heterocycles. The molecule has 0 saturated carbocycles. The number of methoxy groups -OCH3 is 1. The highest BCUT2D eigenvalue weighted by atomic mass is 35.5. The van der Waals surface area contributed by atoms with Crippen molar-refractivity contribution in [2.45, 2.75) is 13.2 Å². The number of nitrogens with one attached hydrogen (secondary N) is 1. The number of hydrogen-bond donors (Lipinski definition) is 1. The normalized spacial score (nSPS) is 10.7. The van der Waals surface area contributed by atoms with E-state index in [0.717, 1.165) is 16.8 Å². The van der Waals surface area contributed by atoms with Crippen molar-refractivity contribution in [3.8, 4) is 11.5 Å². The summed E-state index contributed by atoms with van der Waals surface area (Å²) in [5, 5.41) is 5.96. The molecule has 3 aromatic rings. The van der Waals surface area contributed by atoms with Crippen LogP contribution in [0, 0.1) is 0 Å². The summed E-state index contributed by atoms with van der Waals surface area (Å²) in [5.74, 6) is 1.07. The molecule has 0 bridgehead atoms. The van der Waals surface area contributed by atoms with Gasteiger partial charge in [0.1, 0.15) is 6.61 Å². The minimum Gasteiger partial charge on any atom is -0.493 e. The van der Waals surface area contributed by atoms with Crippen LogP contribution in [0.1, 0.15) is 11.1 Å². The Balaban J connectivity index is 1.74. The Morgan fingerprint density at radius 3 is 2.03 bits per heavy atom. The first-order chi connectivity index (χ1) is 13.9. The summed E-state index contributed by atoms with van der Waals surface area (Å²) in [6, 6.07) is 14.0.